The third-order valence-corrected chi connectivity index (χ3v) is 3.36. The van der Waals surface area contributed by atoms with Crippen LogP contribution in [0.15, 0.2) is 18.5 Å². The quantitative estimate of drug-likeness (QED) is 0.813. The van der Waals surface area contributed by atoms with Crippen molar-refractivity contribution >= 4 is 5.95 Å². The van der Waals surface area contributed by atoms with Crippen LogP contribution in [-0.2, 0) is 0 Å². The molecular weight excluding hydrogens is 200 g/mol. The van der Waals surface area contributed by atoms with Gasteiger partial charge in [0.25, 0.3) is 0 Å². The molecule has 4 nitrogen and oxygen atoms in total. The molecule has 1 aromatic heterocycles. The van der Waals surface area contributed by atoms with Crippen molar-refractivity contribution in [1.29, 1.82) is 0 Å². The molecule has 1 unspecified atom stereocenters. The molecule has 0 radical (unpaired) electrons. The summed E-state index contributed by atoms with van der Waals surface area (Å²) in [5, 5.41) is 6.85. The lowest BCUT2D eigenvalue weighted by Crippen LogP contribution is -2.50. The van der Waals surface area contributed by atoms with Crippen molar-refractivity contribution < 1.29 is 0 Å². The molecule has 2 rings (SSSR count). The van der Waals surface area contributed by atoms with Crippen LogP contribution in [0, 0.1) is 5.41 Å². The molecule has 0 bridgehead atoms. The summed E-state index contributed by atoms with van der Waals surface area (Å²) in [6.45, 7) is 6.64. The van der Waals surface area contributed by atoms with Crippen molar-refractivity contribution in [2.75, 3.05) is 18.4 Å². The third-order valence-electron chi connectivity index (χ3n) is 3.36. The average molecular weight is 220 g/mol. The predicted molar refractivity (Wildman–Crippen MR) is 65.3 cm³/mol. The molecule has 0 aromatic carbocycles. The minimum absolute atomic E-state index is 0.347. The molecule has 1 atom stereocenters. The molecule has 1 saturated heterocycles. The Bertz CT molecular complexity index is 323. The first-order valence-corrected chi connectivity index (χ1v) is 5.93. The number of nitrogens with zero attached hydrogens (tertiary/aromatic N) is 2. The molecule has 0 aliphatic carbocycles. The number of rotatable bonds is 3. The van der Waals surface area contributed by atoms with Crippen LogP contribution >= 0.6 is 0 Å². The van der Waals surface area contributed by atoms with Gasteiger partial charge in [-0.3, -0.25) is 0 Å². The van der Waals surface area contributed by atoms with E-state index in [1.54, 1.807) is 12.4 Å². The Balaban J connectivity index is 1.90. The predicted octanol–water partition coefficient (Wildman–Crippen LogP) is 1.67. The smallest absolute Gasteiger partial charge is 0.222 e. The minimum atomic E-state index is 0.347. The first-order valence-electron chi connectivity index (χ1n) is 5.93. The van der Waals surface area contributed by atoms with Gasteiger partial charge >= 0.3 is 0 Å². The second-order valence-electron chi connectivity index (χ2n) is 5.05. The molecule has 88 valence electrons. The number of anilines is 1. The Morgan fingerprint density at radius 1 is 1.44 bits per heavy atom. The Hall–Kier alpha value is -1.16. The summed E-state index contributed by atoms with van der Waals surface area (Å²) in [4.78, 5) is 8.32. The molecule has 1 aliphatic rings. The number of hydrogen-bond donors (Lipinski definition) is 2. The van der Waals surface area contributed by atoms with Crippen molar-refractivity contribution in [2.45, 2.75) is 32.7 Å². The Kier molecular flexibility index (Phi) is 3.39. The highest BCUT2D eigenvalue weighted by atomic mass is 15.1. The maximum absolute atomic E-state index is 4.16. The van der Waals surface area contributed by atoms with Gasteiger partial charge in [-0.2, -0.15) is 0 Å². The number of hydrogen-bond acceptors (Lipinski definition) is 4. The highest BCUT2D eigenvalue weighted by molar-refractivity contribution is 5.22. The summed E-state index contributed by atoms with van der Waals surface area (Å²) in [5.74, 6) is 0.714. The Morgan fingerprint density at radius 2 is 2.19 bits per heavy atom. The zero-order valence-corrected chi connectivity index (χ0v) is 10.0. The van der Waals surface area contributed by atoms with E-state index in [2.05, 4.69) is 34.4 Å². The van der Waals surface area contributed by atoms with Gasteiger partial charge in [0.1, 0.15) is 0 Å². The van der Waals surface area contributed by atoms with E-state index in [4.69, 9.17) is 0 Å². The minimum Gasteiger partial charge on any atom is -0.353 e. The first-order chi connectivity index (χ1) is 7.68. The van der Waals surface area contributed by atoms with E-state index in [1.165, 1.54) is 12.8 Å². The van der Waals surface area contributed by atoms with Gasteiger partial charge in [0.05, 0.1) is 0 Å². The van der Waals surface area contributed by atoms with Crippen LogP contribution in [0.5, 0.6) is 0 Å². The fourth-order valence-corrected chi connectivity index (χ4v) is 2.20. The first kappa shape index (κ1) is 11.3. The van der Waals surface area contributed by atoms with Crippen molar-refractivity contribution in [2.24, 2.45) is 5.41 Å². The molecule has 16 heavy (non-hydrogen) atoms. The highest BCUT2D eigenvalue weighted by Crippen LogP contribution is 2.29. The second-order valence-corrected chi connectivity index (χ2v) is 5.05. The molecule has 0 saturated carbocycles. The maximum Gasteiger partial charge on any atom is 0.222 e. The van der Waals surface area contributed by atoms with E-state index < -0.39 is 0 Å². The van der Waals surface area contributed by atoms with Crippen molar-refractivity contribution in [3.8, 4) is 0 Å². The molecule has 0 amide bonds. The van der Waals surface area contributed by atoms with Gasteiger partial charge in [0, 0.05) is 25.0 Å². The molecule has 1 aromatic rings. The fraction of sp³-hybridized carbons (Fsp3) is 0.667. The topological polar surface area (TPSA) is 49.8 Å². The third kappa shape index (κ3) is 2.70. The van der Waals surface area contributed by atoms with Gasteiger partial charge in [-0.25, -0.2) is 9.97 Å². The van der Waals surface area contributed by atoms with Gasteiger partial charge in [-0.05, 0) is 30.9 Å². The lowest BCUT2D eigenvalue weighted by Gasteiger charge is -2.39. The van der Waals surface area contributed by atoms with Gasteiger partial charge in [0.15, 0.2) is 0 Å². The molecule has 2 N–H and O–H groups in total. The van der Waals surface area contributed by atoms with Crippen molar-refractivity contribution in [3.63, 3.8) is 0 Å². The molecular formula is C12H20N4. The van der Waals surface area contributed by atoms with Gasteiger partial charge in [0.2, 0.25) is 5.95 Å². The van der Waals surface area contributed by atoms with Crippen LogP contribution in [0.4, 0.5) is 5.95 Å². The van der Waals surface area contributed by atoms with Crippen LogP contribution < -0.4 is 10.6 Å². The zero-order valence-electron chi connectivity index (χ0n) is 10.0. The van der Waals surface area contributed by atoms with E-state index in [1.807, 2.05) is 6.07 Å². The monoisotopic (exact) mass is 220 g/mol. The van der Waals surface area contributed by atoms with Crippen LogP contribution in [0.2, 0.25) is 0 Å². The van der Waals surface area contributed by atoms with E-state index in [-0.39, 0.29) is 0 Å². The molecule has 0 spiro atoms. The van der Waals surface area contributed by atoms with Gasteiger partial charge < -0.3 is 10.6 Å². The summed E-state index contributed by atoms with van der Waals surface area (Å²) in [5.41, 5.74) is 0.347. The standard InChI is InChI=1S/C12H20N4/c1-12(2)5-3-6-13-10(12)9-16-11-14-7-4-8-15-11/h4,7-8,10,13H,3,5-6,9H2,1-2H3,(H,14,15,16). The lowest BCUT2D eigenvalue weighted by atomic mass is 9.77. The van der Waals surface area contributed by atoms with E-state index in [9.17, 15) is 0 Å². The van der Waals surface area contributed by atoms with Crippen LogP contribution in [0.25, 0.3) is 0 Å². The lowest BCUT2D eigenvalue weighted by molar-refractivity contribution is 0.188. The Labute approximate surface area is 96.9 Å². The largest absolute Gasteiger partial charge is 0.353 e. The average Bonchev–Trinajstić information content (AvgIpc) is 2.28. The number of piperidine rings is 1. The number of aromatic nitrogens is 2. The van der Waals surface area contributed by atoms with Crippen LogP contribution in [0.3, 0.4) is 0 Å². The van der Waals surface area contributed by atoms with E-state index >= 15 is 0 Å². The van der Waals surface area contributed by atoms with E-state index in [0.717, 1.165) is 13.1 Å². The zero-order chi connectivity index (χ0) is 11.4. The summed E-state index contributed by atoms with van der Waals surface area (Å²) in [6, 6.07) is 2.32. The van der Waals surface area contributed by atoms with Crippen molar-refractivity contribution in [1.82, 2.24) is 15.3 Å². The normalized spacial score (nSPS) is 24.0. The molecule has 4 heteroatoms. The summed E-state index contributed by atoms with van der Waals surface area (Å²) in [7, 11) is 0. The van der Waals surface area contributed by atoms with Crippen LogP contribution in [-0.4, -0.2) is 29.1 Å². The molecule has 2 heterocycles. The fourth-order valence-electron chi connectivity index (χ4n) is 2.20. The van der Waals surface area contributed by atoms with Gasteiger partial charge in [-0.1, -0.05) is 13.8 Å². The highest BCUT2D eigenvalue weighted by Gasteiger charge is 2.31. The summed E-state index contributed by atoms with van der Waals surface area (Å²) >= 11 is 0. The van der Waals surface area contributed by atoms with E-state index in [0.29, 0.717) is 17.4 Å². The maximum atomic E-state index is 4.16. The SMILES string of the molecule is CC1(C)CCCNC1CNc1ncccn1. The van der Waals surface area contributed by atoms with Crippen LogP contribution in [0.1, 0.15) is 26.7 Å². The Morgan fingerprint density at radius 3 is 2.88 bits per heavy atom. The van der Waals surface area contributed by atoms with Crippen molar-refractivity contribution in [3.05, 3.63) is 18.5 Å². The molecule has 1 fully saturated rings. The summed E-state index contributed by atoms with van der Waals surface area (Å²) < 4.78 is 0. The summed E-state index contributed by atoms with van der Waals surface area (Å²) in [6.07, 6.45) is 6.07. The second kappa shape index (κ2) is 4.78. The van der Waals surface area contributed by atoms with Gasteiger partial charge in [-0.15, -0.1) is 0 Å². The number of nitrogens with one attached hydrogen (secondary N) is 2. The molecule has 1 aliphatic heterocycles.